The van der Waals surface area contributed by atoms with Gasteiger partial charge in [-0.2, -0.15) is 0 Å². The number of aryl methyl sites for hydroxylation is 2. The molecular weight excluding hydrogens is 258 g/mol. The maximum Gasteiger partial charge on any atom is 0.122 e. The molecule has 0 saturated heterocycles. The Balaban J connectivity index is 2.44. The molecular formula is C19H25NO. The van der Waals surface area contributed by atoms with Crippen molar-refractivity contribution >= 4 is 0 Å². The normalized spacial score (nSPS) is 12.2. The van der Waals surface area contributed by atoms with Crippen LogP contribution in [0.25, 0.3) is 0 Å². The second-order valence-corrected chi connectivity index (χ2v) is 5.48. The summed E-state index contributed by atoms with van der Waals surface area (Å²) < 4.78 is 5.43. The molecule has 0 aliphatic carbocycles. The van der Waals surface area contributed by atoms with Crippen molar-refractivity contribution in [2.45, 2.75) is 33.2 Å². The maximum atomic E-state index is 5.43. The van der Waals surface area contributed by atoms with Crippen LogP contribution in [-0.2, 0) is 0 Å². The minimum Gasteiger partial charge on any atom is -0.496 e. The van der Waals surface area contributed by atoms with E-state index >= 15 is 0 Å². The first kappa shape index (κ1) is 15.6. The maximum absolute atomic E-state index is 5.43. The molecule has 1 atom stereocenters. The van der Waals surface area contributed by atoms with Gasteiger partial charge in [0.1, 0.15) is 5.75 Å². The monoisotopic (exact) mass is 283 g/mol. The van der Waals surface area contributed by atoms with Crippen LogP contribution < -0.4 is 10.1 Å². The summed E-state index contributed by atoms with van der Waals surface area (Å²) in [5.41, 5.74) is 5.07. The largest absolute Gasteiger partial charge is 0.496 e. The summed E-state index contributed by atoms with van der Waals surface area (Å²) in [5, 5.41) is 3.67. The molecule has 1 unspecified atom stereocenters. The van der Waals surface area contributed by atoms with E-state index in [1.807, 2.05) is 0 Å². The molecule has 0 saturated carbocycles. The fourth-order valence-corrected chi connectivity index (χ4v) is 2.68. The van der Waals surface area contributed by atoms with Gasteiger partial charge in [-0.1, -0.05) is 43.3 Å². The van der Waals surface area contributed by atoms with Crippen molar-refractivity contribution in [3.63, 3.8) is 0 Å². The first-order chi connectivity index (χ1) is 10.2. The first-order valence-corrected chi connectivity index (χ1v) is 7.60. The Morgan fingerprint density at radius 1 is 1.05 bits per heavy atom. The van der Waals surface area contributed by atoms with Gasteiger partial charge in [0.2, 0.25) is 0 Å². The van der Waals surface area contributed by atoms with Gasteiger partial charge in [-0.3, -0.25) is 0 Å². The average molecular weight is 283 g/mol. The lowest BCUT2D eigenvalue weighted by Gasteiger charge is -2.23. The molecule has 0 aromatic heterocycles. The van der Waals surface area contributed by atoms with Gasteiger partial charge in [0.05, 0.1) is 13.2 Å². The molecule has 2 rings (SSSR count). The summed E-state index contributed by atoms with van der Waals surface area (Å²) in [6.45, 7) is 7.45. The van der Waals surface area contributed by atoms with Gasteiger partial charge >= 0.3 is 0 Å². The van der Waals surface area contributed by atoms with Crippen molar-refractivity contribution in [2.75, 3.05) is 13.7 Å². The van der Waals surface area contributed by atoms with Crippen molar-refractivity contribution in [2.24, 2.45) is 0 Å². The van der Waals surface area contributed by atoms with Gasteiger partial charge in [-0.25, -0.2) is 0 Å². The third-order valence-electron chi connectivity index (χ3n) is 3.83. The van der Waals surface area contributed by atoms with E-state index in [0.29, 0.717) is 0 Å². The molecule has 2 aromatic rings. The Kier molecular flexibility index (Phi) is 5.40. The average Bonchev–Trinajstić information content (AvgIpc) is 2.51. The van der Waals surface area contributed by atoms with E-state index in [1.165, 1.54) is 22.3 Å². The minimum absolute atomic E-state index is 0.232. The standard InChI is InChI=1S/C19H25NO/c1-5-11-20-19(16-9-7-6-8-10-16)17-12-15(3)18(21-4)13-14(17)2/h6-10,12-13,19-20H,5,11H2,1-4H3. The van der Waals surface area contributed by atoms with Crippen LogP contribution in [-0.4, -0.2) is 13.7 Å². The minimum atomic E-state index is 0.232. The lowest BCUT2D eigenvalue weighted by molar-refractivity contribution is 0.411. The smallest absolute Gasteiger partial charge is 0.122 e. The van der Waals surface area contributed by atoms with E-state index in [2.05, 4.69) is 68.6 Å². The Hall–Kier alpha value is -1.80. The van der Waals surface area contributed by atoms with Crippen LogP contribution in [0.4, 0.5) is 0 Å². The van der Waals surface area contributed by atoms with Gasteiger partial charge in [-0.05, 0) is 55.1 Å². The molecule has 112 valence electrons. The zero-order valence-electron chi connectivity index (χ0n) is 13.4. The molecule has 0 spiro atoms. The summed E-state index contributed by atoms with van der Waals surface area (Å²) in [5.74, 6) is 0.957. The summed E-state index contributed by atoms with van der Waals surface area (Å²) in [6.07, 6.45) is 1.12. The number of hydrogen-bond donors (Lipinski definition) is 1. The number of hydrogen-bond acceptors (Lipinski definition) is 2. The number of benzene rings is 2. The Labute approximate surface area is 128 Å². The van der Waals surface area contributed by atoms with Gasteiger partial charge in [0.15, 0.2) is 0 Å². The highest BCUT2D eigenvalue weighted by Crippen LogP contribution is 2.30. The van der Waals surface area contributed by atoms with E-state index < -0.39 is 0 Å². The SMILES string of the molecule is CCCNC(c1ccccc1)c1cc(C)c(OC)cc1C. The van der Waals surface area contributed by atoms with E-state index in [4.69, 9.17) is 4.74 Å². The molecule has 0 radical (unpaired) electrons. The van der Waals surface area contributed by atoms with Crippen LogP contribution in [0.3, 0.4) is 0 Å². The predicted molar refractivity (Wildman–Crippen MR) is 89.0 cm³/mol. The number of methoxy groups -OCH3 is 1. The molecule has 0 amide bonds. The zero-order chi connectivity index (χ0) is 15.2. The lowest BCUT2D eigenvalue weighted by atomic mass is 9.93. The van der Waals surface area contributed by atoms with Crippen LogP contribution in [0.15, 0.2) is 42.5 Å². The molecule has 0 heterocycles. The second kappa shape index (κ2) is 7.28. The van der Waals surface area contributed by atoms with Gasteiger partial charge in [-0.15, -0.1) is 0 Å². The van der Waals surface area contributed by atoms with E-state index in [-0.39, 0.29) is 6.04 Å². The van der Waals surface area contributed by atoms with Crippen molar-refractivity contribution in [1.82, 2.24) is 5.32 Å². The van der Waals surface area contributed by atoms with E-state index in [9.17, 15) is 0 Å². The Bertz CT molecular complexity index is 578. The fourth-order valence-electron chi connectivity index (χ4n) is 2.68. The van der Waals surface area contributed by atoms with Gasteiger partial charge in [0.25, 0.3) is 0 Å². The second-order valence-electron chi connectivity index (χ2n) is 5.48. The van der Waals surface area contributed by atoms with Crippen molar-refractivity contribution in [3.05, 3.63) is 64.7 Å². The molecule has 2 aromatic carbocycles. The van der Waals surface area contributed by atoms with Crippen LogP contribution in [0.2, 0.25) is 0 Å². The summed E-state index contributed by atoms with van der Waals surface area (Å²) >= 11 is 0. The molecule has 0 fully saturated rings. The summed E-state index contributed by atoms with van der Waals surface area (Å²) in [4.78, 5) is 0. The van der Waals surface area contributed by atoms with Gasteiger partial charge < -0.3 is 10.1 Å². The fraction of sp³-hybridized carbons (Fsp3) is 0.368. The molecule has 21 heavy (non-hydrogen) atoms. The van der Waals surface area contributed by atoms with E-state index in [0.717, 1.165) is 18.7 Å². The molecule has 0 aliphatic heterocycles. The predicted octanol–water partition coefficient (Wildman–Crippen LogP) is 4.40. The van der Waals surface area contributed by atoms with E-state index in [1.54, 1.807) is 7.11 Å². The number of ether oxygens (including phenoxy) is 1. The van der Waals surface area contributed by atoms with Crippen LogP contribution in [0.5, 0.6) is 5.75 Å². The third-order valence-corrected chi connectivity index (χ3v) is 3.83. The van der Waals surface area contributed by atoms with Crippen molar-refractivity contribution in [3.8, 4) is 5.75 Å². The molecule has 1 N–H and O–H groups in total. The van der Waals surface area contributed by atoms with Crippen LogP contribution >= 0.6 is 0 Å². The summed E-state index contributed by atoms with van der Waals surface area (Å²) in [7, 11) is 1.73. The molecule has 2 nitrogen and oxygen atoms in total. The Morgan fingerprint density at radius 3 is 2.38 bits per heavy atom. The Morgan fingerprint density at radius 2 is 1.76 bits per heavy atom. The van der Waals surface area contributed by atoms with Crippen LogP contribution in [0, 0.1) is 13.8 Å². The lowest BCUT2D eigenvalue weighted by Crippen LogP contribution is -2.24. The van der Waals surface area contributed by atoms with Crippen molar-refractivity contribution in [1.29, 1.82) is 0 Å². The zero-order valence-corrected chi connectivity index (χ0v) is 13.4. The quantitative estimate of drug-likeness (QED) is 0.848. The molecule has 0 bridgehead atoms. The first-order valence-electron chi connectivity index (χ1n) is 7.60. The van der Waals surface area contributed by atoms with Crippen molar-refractivity contribution < 1.29 is 4.74 Å². The highest BCUT2D eigenvalue weighted by Gasteiger charge is 2.16. The number of nitrogens with one attached hydrogen (secondary N) is 1. The topological polar surface area (TPSA) is 21.3 Å². The van der Waals surface area contributed by atoms with Crippen LogP contribution in [0.1, 0.15) is 41.6 Å². The number of rotatable bonds is 6. The molecule has 2 heteroatoms. The van der Waals surface area contributed by atoms with Gasteiger partial charge in [0, 0.05) is 0 Å². The summed E-state index contributed by atoms with van der Waals surface area (Å²) in [6, 6.07) is 15.2. The highest BCUT2D eigenvalue weighted by atomic mass is 16.5. The third kappa shape index (κ3) is 3.64. The highest BCUT2D eigenvalue weighted by molar-refractivity contribution is 5.45. The molecule has 0 aliphatic rings.